The van der Waals surface area contributed by atoms with E-state index in [2.05, 4.69) is 6.92 Å². The summed E-state index contributed by atoms with van der Waals surface area (Å²) in [5.41, 5.74) is 7.29. The van der Waals surface area contributed by atoms with Crippen molar-refractivity contribution in [2.75, 3.05) is 0 Å². The second-order valence-corrected chi connectivity index (χ2v) is 7.05. The molecule has 0 spiro atoms. The molecule has 0 saturated heterocycles. The summed E-state index contributed by atoms with van der Waals surface area (Å²) in [6.45, 7) is 4.09. The van der Waals surface area contributed by atoms with Crippen LogP contribution in [0.15, 0.2) is 58.3 Å². The molecule has 3 N–H and O–H groups in total. The predicted octanol–water partition coefficient (Wildman–Crippen LogP) is 5.32. The molecule has 0 fully saturated rings. The Morgan fingerprint density at radius 1 is 1.13 bits per heavy atom. The van der Waals surface area contributed by atoms with Crippen LogP contribution in [0.25, 0.3) is 0 Å². The topological polar surface area (TPSA) is 46.2 Å². The summed E-state index contributed by atoms with van der Waals surface area (Å²) < 4.78 is 0. The molecule has 23 heavy (non-hydrogen) atoms. The van der Waals surface area contributed by atoms with E-state index in [1.165, 1.54) is 0 Å². The molecule has 0 amide bonds. The summed E-state index contributed by atoms with van der Waals surface area (Å²) in [5.74, 6) is 0.170. The number of nitrogens with two attached hydrogens (primary N) is 1. The summed E-state index contributed by atoms with van der Waals surface area (Å²) in [6, 6.07) is 15.3. The Bertz CT molecular complexity index is 606. The van der Waals surface area contributed by atoms with Gasteiger partial charge < -0.3 is 10.8 Å². The molecule has 0 aliphatic carbocycles. The Kier molecular flexibility index (Phi) is 8.45. The molecule has 126 valence electrons. The van der Waals surface area contributed by atoms with Crippen LogP contribution in [0.5, 0.6) is 0 Å². The average Bonchev–Trinajstić information content (AvgIpc) is 2.55. The standard InChI is InChI=1S/C18H22ClNOS.ClH/c1-3-12(2)18(21)17(20)15-6-4-5-7-16(15)22-14-10-8-13(19)9-11-14;/h4-12,17-18,21H,3,20H2,1-2H3;1H/t12?,17-,18+;/m0./s1. The van der Waals surface area contributed by atoms with E-state index in [9.17, 15) is 5.11 Å². The monoisotopic (exact) mass is 371 g/mol. The predicted molar refractivity (Wildman–Crippen MR) is 102 cm³/mol. The van der Waals surface area contributed by atoms with Crippen molar-refractivity contribution in [3.63, 3.8) is 0 Å². The van der Waals surface area contributed by atoms with Crippen molar-refractivity contribution < 1.29 is 5.11 Å². The van der Waals surface area contributed by atoms with Gasteiger partial charge in [-0.1, -0.05) is 61.8 Å². The highest BCUT2D eigenvalue weighted by Crippen LogP contribution is 2.35. The fraction of sp³-hybridized carbons (Fsp3) is 0.333. The minimum absolute atomic E-state index is 0. The highest BCUT2D eigenvalue weighted by Gasteiger charge is 2.23. The summed E-state index contributed by atoms with van der Waals surface area (Å²) in [5, 5.41) is 11.1. The molecule has 0 saturated carbocycles. The first-order valence-corrected chi connectivity index (χ1v) is 8.68. The summed E-state index contributed by atoms with van der Waals surface area (Å²) in [6.07, 6.45) is 0.360. The Labute approximate surface area is 153 Å². The first-order valence-electron chi connectivity index (χ1n) is 7.49. The normalized spacial score (nSPS) is 14.7. The minimum atomic E-state index is -0.544. The molecule has 0 aromatic heterocycles. The molecular formula is C18H23Cl2NOS. The lowest BCUT2D eigenvalue weighted by atomic mass is 9.91. The molecule has 5 heteroatoms. The van der Waals surface area contributed by atoms with E-state index in [0.29, 0.717) is 0 Å². The van der Waals surface area contributed by atoms with Crippen molar-refractivity contribution in [2.45, 2.75) is 42.2 Å². The van der Waals surface area contributed by atoms with E-state index in [1.807, 2.05) is 55.5 Å². The lowest BCUT2D eigenvalue weighted by Crippen LogP contribution is -2.31. The molecular weight excluding hydrogens is 349 g/mol. The summed E-state index contributed by atoms with van der Waals surface area (Å²) in [4.78, 5) is 2.17. The van der Waals surface area contributed by atoms with Gasteiger partial charge in [-0.2, -0.15) is 0 Å². The number of rotatable bonds is 6. The molecule has 2 nitrogen and oxygen atoms in total. The lowest BCUT2D eigenvalue weighted by Gasteiger charge is -2.25. The van der Waals surface area contributed by atoms with Gasteiger partial charge in [-0.15, -0.1) is 12.4 Å². The average molecular weight is 372 g/mol. The molecule has 3 atom stereocenters. The summed E-state index contributed by atoms with van der Waals surface area (Å²) in [7, 11) is 0. The molecule has 2 aromatic rings. The van der Waals surface area contributed by atoms with Gasteiger partial charge in [0.05, 0.1) is 12.1 Å². The van der Waals surface area contributed by atoms with Gasteiger partial charge in [-0.3, -0.25) is 0 Å². The lowest BCUT2D eigenvalue weighted by molar-refractivity contribution is 0.0872. The number of hydrogen-bond acceptors (Lipinski definition) is 3. The van der Waals surface area contributed by atoms with Gasteiger partial charge in [0.25, 0.3) is 0 Å². The highest BCUT2D eigenvalue weighted by molar-refractivity contribution is 7.99. The van der Waals surface area contributed by atoms with Crippen molar-refractivity contribution >= 4 is 35.8 Å². The zero-order chi connectivity index (χ0) is 16.1. The van der Waals surface area contributed by atoms with Gasteiger partial charge >= 0.3 is 0 Å². The molecule has 0 aliphatic rings. The van der Waals surface area contributed by atoms with Crippen LogP contribution >= 0.6 is 35.8 Å². The second-order valence-electron chi connectivity index (χ2n) is 5.50. The van der Waals surface area contributed by atoms with Crippen molar-refractivity contribution in [1.82, 2.24) is 0 Å². The number of aliphatic hydroxyl groups excluding tert-OH is 1. The first-order chi connectivity index (χ1) is 10.5. The van der Waals surface area contributed by atoms with Crippen LogP contribution in [0.3, 0.4) is 0 Å². The quantitative estimate of drug-likeness (QED) is 0.721. The highest BCUT2D eigenvalue weighted by atomic mass is 35.5. The van der Waals surface area contributed by atoms with Crippen molar-refractivity contribution in [3.8, 4) is 0 Å². The number of halogens is 2. The smallest absolute Gasteiger partial charge is 0.0758 e. The maximum absolute atomic E-state index is 10.4. The third-order valence-electron chi connectivity index (χ3n) is 3.91. The van der Waals surface area contributed by atoms with E-state index >= 15 is 0 Å². The molecule has 2 aromatic carbocycles. The van der Waals surface area contributed by atoms with E-state index < -0.39 is 6.10 Å². The molecule has 2 rings (SSSR count). The van der Waals surface area contributed by atoms with Gasteiger partial charge in [-0.25, -0.2) is 0 Å². The Morgan fingerprint density at radius 2 is 1.74 bits per heavy atom. The third kappa shape index (κ3) is 5.40. The van der Waals surface area contributed by atoms with Gasteiger partial charge in [-0.05, 0) is 41.8 Å². The second kappa shape index (κ2) is 9.55. The van der Waals surface area contributed by atoms with Crippen LogP contribution in [-0.2, 0) is 0 Å². The van der Waals surface area contributed by atoms with Crippen molar-refractivity contribution in [2.24, 2.45) is 11.7 Å². The zero-order valence-corrected chi connectivity index (χ0v) is 15.7. The van der Waals surface area contributed by atoms with Crippen LogP contribution in [0, 0.1) is 5.92 Å². The van der Waals surface area contributed by atoms with Gasteiger partial charge in [0, 0.05) is 14.8 Å². The van der Waals surface area contributed by atoms with Crippen LogP contribution < -0.4 is 5.73 Å². The fourth-order valence-corrected chi connectivity index (χ4v) is 3.38. The zero-order valence-electron chi connectivity index (χ0n) is 13.3. The largest absolute Gasteiger partial charge is 0.391 e. The molecule has 0 heterocycles. The van der Waals surface area contributed by atoms with Crippen LogP contribution in [-0.4, -0.2) is 11.2 Å². The Morgan fingerprint density at radius 3 is 2.35 bits per heavy atom. The molecule has 0 aliphatic heterocycles. The van der Waals surface area contributed by atoms with Gasteiger partial charge in [0.15, 0.2) is 0 Å². The Balaban J connectivity index is 0.00000264. The van der Waals surface area contributed by atoms with E-state index in [1.54, 1.807) is 11.8 Å². The molecule has 0 bridgehead atoms. The third-order valence-corrected chi connectivity index (χ3v) is 5.27. The maximum atomic E-state index is 10.4. The maximum Gasteiger partial charge on any atom is 0.0758 e. The summed E-state index contributed by atoms with van der Waals surface area (Å²) >= 11 is 7.56. The number of hydrogen-bond donors (Lipinski definition) is 2. The van der Waals surface area contributed by atoms with Crippen molar-refractivity contribution in [1.29, 1.82) is 0 Å². The van der Waals surface area contributed by atoms with Gasteiger partial charge in [0.2, 0.25) is 0 Å². The van der Waals surface area contributed by atoms with Crippen LogP contribution in [0.2, 0.25) is 5.02 Å². The van der Waals surface area contributed by atoms with Gasteiger partial charge in [0.1, 0.15) is 0 Å². The number of benzene rings is 2. The number of aliphatic hydroxyl groups is 1. The minimum Gasteiger partial charge on any atom is -0.391 e. The van der Waals surface area contributed by atoms with E-state index in [-0.39, 0.29) is 24.4 Å². The SMILES string of the molecule is CCC(C)[C@@H](O)[C@@H](N)c1ccccc1Sc1ccc(Cl)cc1.Cl. The van der Waals surface area contributed by atoms with Crippen LogP contribution in [0.1, 0.15) is 31.9 Å². The first kappa shape index (κ1) is 20.3. The van der Waals surface area contributed by atoms with Crippen LogP contribution in [0.4, 0.5) is 0 Å². The van der Waals surface area contributed by atoms with Crippen molar-refractivity contribution in [3.05, 3.63) is 59.1 Å². The van der Waals surface area contributed by atoms with E-state index in [0.717, 1.165) is 26.8 Å². The molecule has 0 radical (unpaired) electrons. The van der Waals surface area contributed by atoms with E-state index in [4.69, 9.17) is 17.3 Å². The fourth-order valence-electron chi connectivity index (χ4n) is 2.26. The Hall–Kier alpha value is -0.710. The molecule has 1 unspecified atom stereocenters.